The quantitative estimate of drug-likeness (QED) is 0.189. The molecule has 2 aromatic rings. The van der Waals surface area contributed by atoms with Crippen LogP contribution in [0.3, 0.4) is 0 Å². The summed E-state index contributed by atoms with van der Waals surface area (Å²) in [6, 6.07) is 11.6. The Balaban J connectivity index is 2.87. The fourth-order valence-corrected chi connectivity index (χ4v) is 6.10. The number of ether oxygens (including phenoxy) is 2. The predicted molar refractivity (Wildman–Crippen MR) is 156 cm³/mol. The van der Waals surface area contributed by atoms with Gasteiger partial charge in [-0.3, -0.25) is 4.99 Å². The number of aliphatic imine (C=N–C) groups is 1. The van der Waals surface area contributed by atoms with E-state index in [2.05, 4.69) is 97.6 Å². The van der Waals surface area contributed by atoms with Crippen molar-refractivity contribution in [2.24, 2.45) is 4.99 Å². The second-order valence-corrected chi connectivity index (χ2v) is 13.9. The molecule has 0 N–H and O–H groups in total. The maximum atomic E-state index is 6.43. The van der Waals surface area contributed by atoms with Gasteiger partial charge in [-0.25, -0.2) is 0 Å². The molecule has 2 unspecified atom stereocenters. The van der Waals surface area contributed by atoms with Crippen molar-refractivity contribution < 1.29 is 9.47 Å². The lowest BCUT2D eigenvalue weighted by molar-refractivity contribution is 0.0486. The summed E-state index contributed by atoms with van der Waals surface area (Å²) < 4.78 is 11.8. The van der Waals surface area contributed by atoms with Crippen molar-refractivity contribution in [1.29, 1.82) is 0 Å². The molecule has 0 aliphatic rings. The summed E-state index contributed by atoms with van der Waals surface area (Å²) >= 11 is 0. The van der Waals surface area contributed by atoms with Gasteiger partial charge in [-0.15, -0.1) is 0 Å². The molecule has 0 heterocycles. The Hall–Kier alpha value is -1.70. The fraction of sp³-hybridized carbons (Fsp3) is 0.581. The molecule has 2 aromatic carbocycles. The van der Waals surface area contributed by atoms with Crippen LogP contribution in [0.25, 0.3) is 0 Å². The highest BCUT2D eigenvalue weighted by Gasteiger charge is 2.35. The molecule has 0 radical (unpaired) electrons. The van der Waals surface area contributed by atoms with Gasteiger partial charge in [-0.05, 0) is 46.7 Å². The van der Waals surface area contributed by atoms with Crippen LogP contribution in [-0.4, -0.2) is 27.2 Å². The van der Waals surface area contributed by atoms with Gasteiger partial charge in [-0.1, -0.05) is 107 Å². The molecule has 194 valence electrons. The van der Waals surface area contributed by atoms with Crippen molar-refractivity contribution in [1.82, 2.24) is 0 Å². The van der Waals surface area contributed by atoms with Crippen molar-refractivity contribution in [3.8, 4) is 5.75 Å². The lowest BCUT2D eigenvalue weighted by Crippen LogP contribution is -2.26. The summed E-state index contributed by atoms with van der Waals surface area (Å²) in [4.78, 5) is 4.36. The van der Waals surface area contributed by atoms with E-state index in [-0.39, 0.29) is 22.8 Å². The topological polar surface area (TPSA) is 30.8 Å². The summed E-state index contributed by atoms with van der Waals surface area (Å²) in [5.74, 6) is 0.997. The third kappa shape index (κ3) is 7.64. The number of rotatable bonds is 10. The zero-order chi connectivity index (χ0) is 26.4. The Kier molecular flexibility index (Phi) is 10.1. The van der Waals surface area contributed by atoms with Crippen LogP contribution in [0.1, 0.15) is 102 Å². The number of hydrogen-bond donors (Lipinski definition) is 0. The van der Waals surface area contributed by atoms with Crippen molar-refractivity contribution in [3.63, 3.8) is 0 Å². The van der Waals surface area contributed by atoms with E-state index in [4.69, 9.17) is 9.47 Å². The van der Waals surface area contributed by atoms with Crippen LogP contribution >= 0.6 is 8.58 Å². The van der Waals surface area contributed by atoms with Crippen molar-refractivity contribution in [2.45, 2.75) is 97.6 Å². The lowest BCUT2D eigenvalue weighted by Gasteiger charge is -2.37. The van der Waals surface area contributed by atoms with Gasteiger partial charge in [0.2, 0.25) is 0 Å². The molecule has 4 heteroatoms. The minimum absolute atomic E-state index is 0.0349. The molecule has 3 nitrogen and oxygen atoms in total. The van der Waals surface area contributed by atoms with Crippen LogP contribution in [0.15, 0.2) is 35.3 Å². The Morgan fingerprint density at radius 2 is 1.60 bits per heavy atom. The molecule has 35 heavy (non-hydrogen) atoms. The fourth-order valence-electron chi connectivity index (χ4n) is 4.44. The molecule has 0 fully saturated rings. The highest BCUT2D eigenvalue weighted by Crippen LogP contribution is 2.52. The van der Waals surface area contributed by atoms with Crippen LogP contribution < -0.4 is 10.0 Å². The Morgan fingerprint density at radius 1 is 0.943 bits per heavy atom. The predicted octanol–water partition coefficient (Wildman–Crippen LogP) is 8.03. The largest absolute Gasteiger partial charge is 0.467 e. The van der Waals surface area contributed by atoms with Gasteiger partial charge in [0, 0.05) is 36.7 Å². The first-order valence-corrected chi connectivity index (χ1v) is 13.9. The Morgan fingerprint density at radius 3 is 2.14 bits per heavy atom. The third-order valence-corrected chi connectivity index (χ3v) is 8.39. The number of methoxy groups -OCH3 is 1. The van der Waals surface area contributed by atoms with Gasteiger partial charge < -0.3 is 9.47 Å². The molecular weight excluding hydrogens is 449 g/mol. The first-order valence-electron chi connectivity index (χ1n) is 12.9. The smallest absolute Gasteiger partial charge is 0.188 e. The first kappa shape index (κ1) is 29.5. The molecule has 0 aliphatic carbocycles. The Bertz CT molecular complexity index is 1010. The minimum Gasteiger partial charge on any atom is -0.467 e. The van der Waals surface area contributed by atoms with Gasteiger partial charge in [-0.2, -0.15) is 0 Å². The number of nitrogens with zero attached hydrogens (tertiary/aromatic N) is 1. The number of benzene rings is 2. The maximum Gasteiger partial charge on any atom is 0.188 e. The van der Waals surface area contributed by atoms with Gasteiger partial charge in [0.15, 0.2) is 6.79 Å². The molecule has 0 saturated carbocycles. The van der Waals surface area contributed by atoms with Gasteiger partial charge >= 0.3 is 0 Å². The summed E-state index contributed by atoms with van der Waals surface area (Å²) in [5, 5.41) is 1.28. The van der Waals surface area contributed by atoms with Crippen LogP contribution in [0, 0.1) is 6.92 Å². The standard InChI is InChI=1S/C31H48NO2P/c1-12-13-16-31(9,35-27-15-14-22(2)17-23(27)20-32-10)26-19-24(29(3,4)5)18-25(30(6,7)8)28(26)34-21-33-11/h14-15,17-20,35H,12-13,16,21H2,1-11H3/b32-20+. The first-order chi connectivity index (χ1) is 16.3. The molecule has 2 atom stereocenters. The van der Waals surface area contributed by atoms with Crippen molar-refractivity contribution in [2.75, 3.05) is 21.0 Å². The second kappa shape index (κ2) is 12.0. The van der Waals surface area contributed by atoms with E-state index in [1.165, 1.54) is 39.5 Å². The maximum absolute atomic E-state index is 6.43. The van der Waals surface area contributed by atoms with Crippen LogP contribution in [0.2, 0.25) is 0 Å². The lowest BCUT2D eigenvalue weighted by atomic mass is 9.76. The minimum atomic E-state index is -0.0774. The van der Waals surface area contributed by atoms with Crippen molar-refractivity contribution >= 4 is 20.1 Å². The van der Waals surface area contributed by atoms with E-state index < -0.39 is 0 Å². The molecule has 0 aliphatic heterocycles. The summed E-state index contributed by atoms with van der Waals surface area (Å²) in [7, 11) is 4.14. The number of aryl methyl sites for hydroxylation is 1. The van der Waals surface area contributed by atoms with Crippen molar-refractivity contribution in [3.05, 3.63) is 58.1 Å². The molecule has 0 aromatic heterocycles. The number of unbranched alkanes of at least 4 members (excludes halogenated alkanes) is 1. The van der Waals surface area contributed by atoms with Gasteiger partial charge in [0.1, 0.15) is 5.75 Å². The normalized spacial score (nSPS) is 14.7. The van der Waals surface area contributed by atoms with E-state index in [0.717, 1.165) is 18.6 Å². The zero-order valence-corrected chi connectivity index (χ0v) is 25.1. The average molecular weight is 498 g/mol. The average Bonchev–Trinajstić information content (AvgIpc) is 2.76. The summed E-state index contributed by atoms with van der Waals surface area (Å²) in [6.45, 7) is 20.8. The van der Waals surface area contributed by atoms with E-state index in [1.807, 2.05) is 13.3 Å². The molecule has 0 amide bonds. The monoisotopic (exact) mass is 497 g/mol. The SMILES string of the molecule is CCCCC(C)(Pc1ccc(C)cc1/C=N/C)c1cc(C(C)(C)C)cc(C(C)(C)C)c1OCOC. The molecule has 0 saturated heterocycles. The van der Waals surface area contributed by atoms with Gasteiger partial charge in [0.25, 0.3) is 0 Å². The van der Waals surface area contributed by atoms with E-state index in [0.29, 0.717) is 8.58 Å². The highest BCUT2D eigenvalue weighted by molar-refractivity contribution is 7.48. The molecule has 0 bridgehead atoms. The van der Waals surface area contributed by atoms with Crippen LogP contribution in [0.5, 0.6) is 5.75 Å². The Labute approximate surface area is 216 Å². The van der Waals surface area contributed by atoms with Gasteiger partial charge in [0.05, 0.1) is 0 Å². The summed E-state index contributed by atoms with van der Waals surface area (Å²) in [5.41, 5.74) is 6.37. The highest BCUT2D eigenvalue weighted by atomic mass is 31.1. The van der Waals surface area contributed by atoms with Crippen LogP contribution in [-0.2, 0) is 20.7 Å². The summed E-state index contributed by atoms with van der Waals surface area (Å²) in [6.07, 6.45) is 5.43. The molecular formula is C31H48NO2P. The van der Waals surface area contributed by atoms with Crippen LogP contribution in [0.4, 0.5) is 0 Å². The van der Waals surface area contributed by atoms with E-state index >= 15 is 0 Å². The molecule has 2 rings (SSSR count). The third-order valence-electron chi connectivity index (χ3n) is 6.59. The van der Waals surface area contributed by atoms with E-state index in [1.54, 1.807) is 7.11 Å². The zero-order valence-electron chi connectivity index (χ0n) is 24.1. The number of hydrogen-bond acceptors (Lipinski definition) is 3. The second-order valence-electron chi connectivity index (χ2n) is 12.0. The molecule has 0 spiro atoms. The van der Waals surface area contributed by atoms with E-state index in [9.17, 15) is 0 Å².